The van der Waals surface area contributed by atoms with E-state index in [1.165, 1.54) is 13.2 Å². The van der Waals surface area contributed by atoms with Crippen LogP contribution in [0.5, 0.6) is 11.5 Å². The van der Waals surface area contributed by atoms with Gasteiger partial charge in [-0.15, -0.1) is 0 Å². The number of ether oxygens (including phenoxy) is 1. The summed E-state index contributed by atoms with van der Waals surface area (Å²) < 4.78 is 5.87. The number of anilines is 1. The van der Waals surface area contributed by atoms with Crippen molar-refractivity contribution in [2.24, 2.45) is 0 Å². The smallest absolute Gasteiger partial charge is 0.266 e. The molecule has 0 aliphatic carbocycles. The number of nitrogens with one attached hydrogen (secondary N) is 1. The molecule has 0 aromatic heterocycles. The Balaban J connectivity index is 2.34. The summed E-state index contributed by atoms with van der Waals surface area (Å²) in [4.78, 5) is 12.3. The molecule has 0 saturated carbocycles. The Morgan fingerprint density at radius 3 is 2.72 bits per heavy atom. The molecular formula is C18H14ClIN2O3. The highest BCUT2D eigenvalue weighted by Crippen LogP contribution is 2.33. The third kappa shape index (κ3) is 4.65. The first kappa shape index (κ1) is 19.1. The van der Waals surface area contributed by atoms with Crippen molar-refractivity contribution in [3.8, 4) is 17.6 Å². The van der Waals surface area contributed by atoms with Crippen LogP contribution in [0.15, 0.2) is 35.9 Å². The van der Waals surface area contributed by atoms with Crippen LogP contribution in [0.25, 0.3) is 6.08 Å². The fourth-order valence-electron chi connectivity index (χ4n) is 2.03. The number of carbonyl (C=O) groups is 1. The highest BCUT2D eigenvalue weighted by molar-refractivity contribution is 14.1. The van der Waals surface area contributed by atoms with Gasteiger partial charge in [0.15, 0.2) is 11.5 Å². The molecule has 0 unspecified atom stereocenters. The lowest BCUT2D eigenvalue weighted by atomic mass is 10.1. The van der Waals surface area contributed by atoms with Gasteiger partial charge in [0, 0.05) is 19.8 Å². The number of benzene rings is 2. The minimum Gasteiger partial charge on any atom is -0.504 e. The molecule has 0 saturated heterocycles. The Morgan fingerprint density at radius 2 is 2.12 bits per heavy atom. The van der Waals surface area contributed by atoms with Gasteiger partial charge in [-0.2, -0.15) is 5.26 Å². The second-order valence-electron chi connectivity index (χ2n) is 5.13. The molecule has 7 heteroatoms. The van der Waals surface area contributed by atoms with E-state index in [9.17, 15) is 15.2 Å². The fourth-order valence-corrected chi connectivity index (χ4v) is 2.83. The quantitative estimate of drug-likeness (QED) is 0.393. The van der Waals surface area contributed by atoms with Gasteiger partial charge < -0.3 is 15.2 Å². The average Bonchev–Trinajstić information content (AvgIpc) is 2.58. The van der Waals surface area contributed by atoms with E-state index < -0.39 is 5.91 Å². The third-order valence-corrected chi connectivity index (χ3v) is 4.41. The summed E-state index contributed by atoms with van der Waals surface area (Å²) >= 11 is 8.09. The van der Waals surface area contributed by atoms with Crippen LogP contribution in [-0.2, 0) is 4.79 Å². The molecule has 2 aromatic rings. The van der Waals surface area contributed by atoms with Crippen molar-refractivity contribution >= 4 is 51.9 Å². The number of hydrogen-bond acceptors (Lipinski definition) is 4. The Bertz CT molecular complexity index is 904. The van der Waals surface area contributed by atoms with E-state index in [1.807, 2.05) is 13.0 Å². The fraction of sp³-hybridized carbons (Fsp3) is 0.111. The minimum atomic E-state index is -0.598. The standard InChI is InChI=1S/C18H14ClIN2O3/c1-10-3-4-14(8-15(10)19)22-18(24)12(9-21)5-11-6-13(20)7-16(25-2)17(11)23/h3-8,23H,1-2H3,(H,22,24)/b12-5-. The van der Waals surface area contributed by atoms with Crippen LogP contribution in [0.4, 0.5) is 5.69 Å². The van der Waals surface area contributed by atoms with Crippen LogP contribution < -0.4 is 10.1 Å². The number of methoxy groups -OCH3 is 1. The summed E-state index contributed by atoms with van der Waals surface area (Å²) in [6.45, 7) is 1.85. The van der Waals surface area contributed by atoms with E-state index in [0.29, 0.717) is 16.3 Å². The molecule has 2 N–H and O–H groups in total. The lowest BCUT2D eigenvalue weighted by Gasteiger charge is -2.09. The summed E-state index contributed by atoms with van der Waals surface area (Å²) in [7, 11) is 1.43. The SMILES string of the molecule is COc1cc(I)cc(/C=C(/C#N)C(=O)Nc2ccc(C)c(Cl)c2)c1O. The molecule has 5 nitrogen and oxygen atoms in total. The number of phenols is 1. The summed E-state index contributed by atoms with van der Waals surface area (Å²) in [6.07, 6.45) is 1.31. The molecule has 0 atom stereocenters. The maximum Gasteiger partial charge on any atom is 0.266 e. The van der Waals surface area contributed by atoms with Gasteiger partial charge in [-0.25, -0.2) is 0 Å². The van der Waals surface area contributed by atoms with Crippen molar-refractivity contribution in [1.29, 1.82) is 5.26 Å². The average molecular weight is 469 g/mol. The Kier molecular flexibility index (Phi) is 6.28. The predicted molar refractivity (Wildman–Crippen MR) is 106 cm³/mol. The van der Waals surface area contributed by atoms with Crippen molar-refractivity contribution in [3.05, 3.63) is 55.6 Å². The number of nitriles is 1. The van der Waals surface area contributed by atoms with Crippen molar-refractivity contribution < 1.29 is 14.6 Å². The third-order valence-electron chi connectivity index (χ3n) is 3.38. The topological polar surface area (TPSA) is 82.3 Å². The van der Waals surface area contributed by atoms with E-state index in [-0.39, 0.29) is 17.1 Å². The molecule has 2 aromatic carbocycles. The number of nitrogens with zero attached hydrogens (tertiary/aromatic N) is 1. The largest absolute Gasteiger partial charge is 0.504 e. The first-order chi connectivity index (χ1) is 11.8. The van der Waals surface area contributed by atoms with Crippen LogP contribution >= 0.6 is 34.2 Å². The van der Waals surface area contributed by atoms with Crippen LogP contribution in [0, 0.1) is 21.8 Å². The number of hydrogen-bond donors (Lipinski definition) is 2. The summed E-state index contributed by atoms with van der Waals surface area (Å²) in [5, 5.41) is 22.6. The van der Waals surface area contributed by atoms with Gasteiger partial charge >= 0.3 is 0 Å². The van der Waals surface area contributed by atoms with E-state index in [1.54, 1.807) is 30.3 Å². The number of amides is 1. The number of rotatable bonds is 4. The van der Waals surface area contributed by atoms with E-state index >= 15 is 0 Å². The van der Waals surface area contributed by atoms with E-state index in [2.05, 4.69) is 27.9 Å². The van der Waals surface area contributed by atoms with Crippen molar-refractivity contribution in [3.63, 3.8) is 0 Å². The zero-order valence-electron chi connectivity index (χ0n) is 13.4. The van der Waals surface area contributed by atoms with Crippen LogP contribution in [0.2, 0.25) is 5.02 Å². The number of carbonyl (C=O) groups excluding carboxylic acids is 1. The molecule has 1 amide bonds. The highest BCUT2D eigenvalue weighted by atomic mass is 127. The second-order valence-corrected chi connectivity index (χ2v) is 6.79. The van der Waals surface area contributed by atoms with Gasteiger partial charge in [0.2, 0.25) is 0 Å². The number of halogens is 2. The normalized spacial score (nSPS) is 10.9. The maximum atomic E-state index is 12.3. The molecule has 0 aliphatic rings. The van der Waals surface area contributed by atoms with Crippen molar-refractivity contribution in [1.82, 2.24) is 0 Å². The first-order valence-electron chi connectivity index (χ1n) is 7.11. The van der Waals surface area contributed by atoms with Gasteiger partial charge in [-0.1, -0.05) is 17.7 Å². The van der Waals surface area contributed by atoms with Crippen LogP contribution in [-0.4, -0.2) is 18.1 Å². The molecule has 0 heterocycles. The molecule has 0 spiro atoms. The monoisotopic (exact) mass is 468 g/mol. The maximum absolute atomic E-state index is 12.3. The zero-order chi connectivity index (χ0) is 18.6. The molecule has 2 rings (SSSR count). The Labute approximate surface area is 164 Å². The Hall–Kier alpha value is -2.24. The van der Waals surface area contributed by atoms with Gasteiger partial charge in [0.25, 0.3) is 5.91 Å². The summed E-state index contributed by atoms with van der Waals surface area (Å²) in [6, 6.07) is 10.2. The lowest BCUT2D eigenvalue weighted by molar-refractivity contribution is -0.112. The summed E-state index contributed by atoms with van der Waals surface area (Å²) in [5.74, 6) is -0.470. The van der Waals surface area contributed by atoms with Crippen LogP contribution in [0.1, 0.15) is 11.1 Å². The number of aromatic hydroxyl groups is 1. The summed E-state index contributed by atoms with van der Waals surface area (Å²) in [5.41, 5.74) is 1.52. The minimum absolute atomic E-state index is 0.137. The van der Waals surface area contributed by atoms with Gasteiger partial charge in [0.1, 0.15) is 11.6 Å². The van der Waals surface area contributed by atoms with Gasteiger partial charge in [-0.05, 0) is 65.4 Å². The second kappa shape index (κ2) is 8.23. The Morgan fingerprint density at radius 1 is 1.40 bits per heavy atom. The predicted octanol–water partition coefficient (Wildman–Crippen LogP) is 4.51. The molecule has 128 valence electrons. The molecule has 0 radical (unpaired) electrons. The van der Waals surface area contributed by atoms with Crippen molar-refractivity contribution in [2.45, 2.75) is 6.92 Å². The molecule has 0 aliphatic heterocycles. The van der Waals surface area contributed by atoms with Crippen molar-refractivity contribution in [2.75, 3.05) is 12.4 Å². The first-order valence-corrected chi connectivity index (χ1v) is 8.57. The lowest BCUT2D eigenvalue weighted by Crippen LogP contribution is -2.13. The highest BCUT2D eigenvalue weighted by Gasteiger charge is 2.14. The molecule has 25 heavy (non-hydrogen) atoms. The van der Waals surface area contributed by atoms with E-state index in [0.717, 1.165) is 9.13 Å². The zero-order valence-corrected chi connectivity index (χ0v) is 16.3. The molecule has 0 bridgehead atoms. The van der Waals surface area contributed by atoms with Gasteiger partial charge in [0.05, 0.1) is 7.11 Å². The molecular weight excluding hydrogens is 455 g/mol. The molecule has 0 fully saturated rings. The van der Waals surface area contributed by atoms with E-state index in [4.69, 9.17) is 16.3 Å². The number of phenolic OH excluding ortho intramolecular Hbond substituents is 1. The van der Waals surface area contributed by atoms with Gasteiger partial charge in [-0.3, -0.25) is 4.79 Å². The number of aryl methyl sites for hydroxylation is 1. The van der Waals surface area contributed by atoms with Crippen LogP contribution in [0.3, 0.4) is 0 Å².